The molecule has 0 bridgehead atoms. The highest BCUT2D eigenvalue weighted by Gasteiger charge is 2.31. The molecule has 0 aromatic heterocycles. The molecule has 1 amide bonds. The summed E-state index contributed by atoms with van der Waals surface area (Å²) in [4.78, 5) is 11.7. The molecule has 4 heteroatoms. The van der Waals surface area contributed by atoms with Crippen molar-refractivity contribution in [2.24, 2.45) is 11.7 Å². The molecule has 0 aliphatic heterocycles. The Morgan fingerprint density at radius 2 is 2.12 bits per heavy atom. The normalized spacial score (nSPS) is 20.7. The van der Waals surface area contributed by atoms with E-state index in [0.29, 0.717) is 12.3 Å². The minimum atomic E-state index is -0.215. The van der Waals surface area contributed by atoms with E-state index >= 15 is 0 Å². The van der Waals surface area contributed by atoms with E-state index in [1.165, 1.54) is 12.8 Å². The van der Waals surface area contributed by atoms with Crippen molar-refractivity contribution in [1.29, 1.82) is 0 Å². The van der Waals surface area contributed by atoms with Gasteiger partial charge in [0, 0.05) is 18.5 Å². The van der Waals surface area contributed by atoms with E-state index in [1.54, 1.807) is 0 Å². The fourth-order valence-corrected chi connectivity index (χ4v) is 2.96. The lowest BCUT2D eigenvalue weighted by atomic mass is 9.94. The third kappa shape index (κ3) is 4.74. The van der Waals surface area contributed by atoms with Gasteiger partial charge in [-0.2, -0.15) is 11.8 Å². The molecule has 1 atom stereocenters. The molecule has 1 unspecified atom stereocenters. The second kappa shape index (κ2) is 6.50. The number of rotatable bonds is 6. The van der Waals surface area contributed by atoms with Crippen LogP contribution in [-0.2, 0) is 4.79 Å². The molecular formula is C12H24N2OS. The monoisotopic (exact) mass is 244 g/mol. The number of amides is 1. The minimum Gasteiger partial charge on any atom is -0.356 e. The summed E-state index contributed by atoms with van der Waals surface area (Å²) in [5.74, 6) is 1.75. The van der Waals surface area contributed by atoms with Gasteiger partial charge in [0.15, 0.2) is 0 Å². The summed E-state index contributed by atoms with van der Waals surface area (Å²) < 4.78 is 0. The molecule has 1 fully saturated rings. The fraction of sp³-hybridized carbons (Fsp3) is 0.917. The summed E-state index contributed by atoms with van der Waals surface area (Å²) in [5, 5.41) is 2.99. The molecule has 1 aliphatic rings. The topological polar surface area (TPSA) is 55.1 Å². The van der Waals surface area contributed by atoms with E-state index in [2.05, 4.69) is 18.5 Å². The molecule has 94 valence electrons. The van der Waals surface area contributed by atoms with Crippen LogP contribution in [0.3, 0.4) is 0 Å². The first kappa shape index (κ1) is 13.8. The third-order valence-corrected chi connectivity index (χ3v) is 4.11. The molecule has 0 aromatic rings. The zero-order valence-electron chi connectivity index (χ0n) is 10.4. The van der Waals surface area contributed by atoms with Crippen LogP contribution >= 0.6 is 11.8 Å². The maximum atomic E-state index is 11.7. The van der Waals surface area contributed by atoms with Gasteiger partial charge >= 0.3 is 0 Å². The van der Waals surface area contributed by atoms with Crippen LogP contribution in [0, 0.1) is 5.92 Å². The van der Waals surface area contributed by atoms with Crippen molar-refractivity contribution in [3.05, 3.63) is 0 Å². The first-order chi connectivity index (χ1) is 7.56. The van der Waals surface area contributed by atoms with Crippen LogP contribution in [0.25, 0.3) is 0 Å². The zero-order chi connectivity index (χ0) is 12.0. The Kier molecular flexibility index (Phi) is 5.62. The van der Waals surface area contributed by atoms with Crippen molar-refractivity contribution in [2.45, 2.75) is 44.6 Å². The molecule has 0 saturated heterocycles. The smallest absolute Gasteiger partial charge is 0.221 e. The largest absolute Gasteiger partial charge is 0.356 e. The fourth-order valence-electron chi connectivity index (χ4n) is 2.27. The van der Waals surface area contributed by atoms with E-state index in [1.807, 2.05) is 11.8 Å². The number of nitrogens with two attached hydrogens (primary N) is 1. The molecular weight excluding hydrogens is 220 g/mol. The van der Waals surface area contributed by atoms with Gasteiger partial charge < -0.3 is 11.1 Å². The predicted molar refractivity (Wildman–Crippen MR) is 70.6 cm³/mol. The van der Waals surface area contributed by atoms with Gasteiger partial charge in [0.05, 0.1) is 0 Å². The number of thioether (sulfide) groups is 1. The lowest BCUT2D eigenvalue weighted by Crippen LogP contribution is -2.43. The standard InChI is InChI=1S/C12H24N2OS/c1-10(9-16-2)8-14-11(15)7-12(13)5-3-4-6-12/h10H,3-9,13H2,1-2H3,(H,14,15). The highest BCUT2D eigenvalue weighted by Crippen LogP contribution is 2.29. The first-order valence-electron chi connectivity index (χ1n) is 6.10. The second-order valence-corrected chi connectivity index (χ2v) is 6.02. The Balaban J connectivity index is 2.20. The summed E-state index contributed by atoms with van der Waals surface area (Å²) in [6, 6.07) is 0. The highest BCUT2D eigenvalue weighted by molar-refractivity contribution is 7.98. The molecule has 0 aromatic carbocycles. The SMILES string of the molecule is CSCC(C)CNC(=O)CC1(N)CCCC1. The molecule has 0 spiro atoms. The van der Waals surface area contributed by atoms with Gasteiger partial charge in [-0.25, -0.2) is 0 Å². The summed E-state index contributed by atoms with van der Waals surface area (Å²) >= 11 is 1.82. The van der Waals surface area contributed by atoms with Crippen LogP contribution in [0.1, 0.15) is 39.0 Å². The Hall–Kier alpha value is -0.220. The van der Waals surface area contributed by atoms with E-state index in [4.69, 9.17) is 5.73 Å². The Bertz CT molecular complexity index is 227. The van der Waals surface area contributed by atoms with Crippen molar-refractivity contribution in [1.82, 2.24) is 5.32 Å². The van der Waals surface area contributed by atoms with E-state index < -0.39 is 0 Å². The van der Waals surface area contributed by atoms with Crippen LogP contribution in [0.5, 0.6) is 0 Å². The maximum absolute atomic E-state index is 11.7. The highest BCUT2D eigenvalue weighted by atomic mass is 32.2. The summed E-state index contributed by atoms with van der Waals surface area (Å²) in [6.07, 6.45) is 6.94. The third-order valence-electron chi connectivity index (χ3n) is 3.21. The lowest BCUT2D eigenvalue weighted by Gasteiger charge is -2.23. The molecule has 0 radical (unpaired) electrons. The minimum absolute atomic E-state index is 0.123. The molecule has 3 nitrogen and oxygen atoms in total. The number of hydrogen-bond acceptors (Lipinski definition) is 3. The van der Waals surface area contributed by atoms with E-state index in [9.17, 15) is 4.79 Å². The van der Waals surface area contributed by atoms with Crippen molar-refractivity contribution in [2.75, 3.05) is 18.6 Å². The number of hydrogen-bond donors (Lipinski definition) is 2. The van der Waals surface area contributed by atoms with Crippen molar-refractivity contribution in [3.63, 3.8) is 0 Å². The van der Waals surface area contributed by atoms with Crippen LogP contribution < -0.4 is 11.1 Å². The Morgan fingerprint density at radius 1 is 1.50 bits per heavy atom. The molecule has 1 rings (SSSR count). The number of carbonyl (C=O) groups excluding carboxylic acids is 1. The predicted octanol–water partition coefficient (Wildman–Crippen LogP) is 1.76. The van der Waals surface area contributed by atoms with Gasteiger partial charge in [-0.05, 0) is 30.8 Å². The average Bonchev–Trinajstić information content (AvgIpc) is 2.62. The van der Waals surface area contributed by atoms with E-state index in [0.717, 1.165) is 25.1 Å². The molecule has 0 heterocycles. The summed E-state index contributed by atoms with van der Waals surface area (Å²) in [5.41, 5.74) is 5.94. The summed E-state index contributed by atoms with van der Waals surface area (Å²) in [7, 11) is 0. The van der Waals surface area contributed by atoms with Gasteiger partial charge in [0.25, 0.3) is 0 Å². The van der Waals surface area contributed by atoms with Gasteiger partial charge in [0.1, 0.15) is 0 Å². The molecule has 16 heavy (non-hydrogen) atoms. The molecule has 1 aliphatic carbocycles. The lowest BCUT2D eigenvalue weighted by molar-refractivity contribution is -0.122. The van der Waals surface area contributed by atoms with Crippen LogP contribution in [0.2, 0.25) is 0 Å². The number of nitrogens with one attached hydrogen (secondary N) is 1. The number of carbonyl (C=O) groups is 1. The molecule has 3 N–H and O–H groups in total. The van der Waals surface area contributed by atoms with Gasteiger partial charge in [-0.1, -0.05) is 19.8 Å². The van der Waals surface area contributed by atoms with Gasteiger partial charge in [-0.15, -0.1) is 0 Å². The zero-order valence-corrected chi connectivity index (χ0v) is 11.2. The van der Waals surface area contributed by atoms with Crippen LogP contribution in [0.15, 0.2) is 0 Å². The Morgan fingerprint density at radius 3 is 2.69 bits per heavy atom. The average molecular weight is 244 g/mol. The Labute approximate surface area is 103 Å². The van der Waals surface area contributed by atoms with Crippen molar-refractivity contribution in [3.8, 4) is 0 Å². The van der Waals surface area contributed by atoms with Gasteiger partial charge in [-0.3, -0.25) is 4.79 Å². The maximum Gasteiger partial charge on any atom is 0.221 e. The molecule has 1 saturated carbocycles. The first-order valence-corrected chi connectivity index (χ1v) is 7.50. The summed E-state index contributed by atoms with van der Waals surface area (Å²) in [6.45, 7) is 2.93. The van der Waals surface area contributed by atoms with Crippen LogP contribution in [-0.4, -0.2) is 30.0 Å². The van der Waals surface area contributed by atoms with Gasteiger partial charge in [0.2, 0.25) is 5.91 Å². The van der Waals surface area contributed by atoms with Crippen molar-refractivity contribution < 1.29 is 4.79 Å². The van der Waals surface area contributed by atoms with Crippen LogP contribution in [0.4, 0.5) is 0 Å². The van der Waals surface area contributed by atoms with Crippen molar-refractivity contribution >= 4 is 17.7 Å². The van der Waals surface area contributed by atoms with E-state index in [-0.39, 0.29) is 11.4 Å². The second-order valence-electron chi connectivity index (χ2n) is 5.11. The quantitative estimate of drug-likeness (QED) is 0.748.